The number of esters is 1. The van der Waals surface area contributed by atoms with E-state index in [-0.39, 0.29) is 24.5 Å². The number of para-hydroxylation sites is 1. The number of fused-ring (bicyclic) bond motifs is 1. The lowest BCUT2D eigenvalue weighted by atomic mass is 10.2. The number of aryl methyl sites for hydroxylation is 1. The Labute approximate surface area is 175 Å². The van der Waals surface area contributed by atoms with Gasteiger partial charge >= 0.3 is 5.97 Å². The highest BCUT2D eigenvalue weighted by atomic mass is 32.2. The van der Waals surface area contributed by atoms with E-state index in [1.165, 1.54) is 16.3 Å². The Morgan fingerprint density at radius 3 is 2.83 bits per heavy atom. The summed E-state index contributed by atoms with van der Waals surface area (Å²) >= 11 is 2.32. The summed E-state index contributed by atoms with van der Waals surface area (Å²) in [5, 5.41) is 9.81. The third-order valence-electron chi connectivity index (χ3n) is 4.26. The highest BCUT2D eigenvalue weighted by molar-refractivity contribution is 7.99. The molecule has 29 heavy (non-hydrogen) atoms. The normalized spacial score (nSPS) is 10.7. The maximum atomic E-state index is 13.4. The number of nitriles is 1. The van der Waals surface area contributed by atoms with Crippen molar-refractivity contribution in [3.63, 3.8) is 0 Å². The van der Waals surface area contributed by atoms with Crippen LogP contribution in [0.25, 0.3) is 10.2 Å². The van der Waals surface area contributed by atoms with E-state index in [0.29, 0.717) is 31.6 Å². The van der Waals surface area contributed by atoms with Gasteiger partial charge in [-0.15, -0.1) is 11.3 Å². The Kier molecular flexibility index (Phi) is 6.56. The van der Waals surface area contributed by atoms with E-state index in [9.17, 15) is 9.59 Å². The highest BCUT2D eigenvalue weighted by Gasteiger charge is 2.23. The first kappa shape index (κ1) is 20.9. The molecular weight excluding hydrogens is 410 g/mol. The molecule has 0 aliphatic heterocycles. The van der Waals surface area contributed by atoms with Crippen molar-refractivity contribution in [1.82, 2.24) is 9.55 Å². The van der Waals surface area contributed by atoms with E-state index in [2.05, 4.69) is 11.1 Å². The molecule has 0 unspecified atom stereocenters. The Morgan fingerprint density at radius 1 is 1.38 bits per heavy atom. The van der Waals surface area contributed by atoms with Gasteiger partial charge in [-0.05, 0) is 25.5 Å². The van der Waals surface area contributed by atoms with Crippen LogP contribution in [0.2, 0.25) is 0 Å². The molecule has 0 fully saturated rings. The van der Waals surface area contributed by atoms with Gasteiger partial charge in [0, 0.05) is 5.56 Å². The molecule has 0 saturated carbocycles. The fourth-order valence-corrected chi connectivity index (χ4v) is 4.72. The molecule has 150 valence electrons. The van der Waals surface area contributed by atoms with Crippen molar-refractivity contribution >= 4 is 39.3 Å². The molecule has 0 atom stereocenters. The largest absolute Gasteiger partial charge is 0.496 e. The first-order valence-corrected chi connectivity index (χ1v) is 10.6. The molecule has 0 N–H and O–H groups in total. The standard InChI is InChI=1S/C20H19N3O4S2/c1-4-27-19(25)16-12(2)15-17(29-16)22-20(28-10-9-21)23(18(15)24)11-13-7-5-6-8-14(13)26-3/h5-8H,4,10-11H2,1-3H3. The van der Waals surface area contributed by atoms with Crippen molar-refractivity contribution in [2.45, 2.75) is 25.5 Å². The van der Waals surface area contributed by atoms with E-state index in [4.69, 9.17) is 14.7 Å². The zero-order valence-electron chi connectivity index (χ0n) is 16.2. The van der Waals surface area contributed by atoms with Gasteiger partial charge in [0.2, 0.25) is 0 Å². The van der Waals surface area contributed by atoms with Crippen molar-refractivity contribution in [2.75, 3.05) is 19.5 Å². The van der Waals surface area contributed by atoms with Crippen molar-refractivity contribution in [2.24, 2.45) is 0 Å². The number of ether oxygens (including phenoxy) is 2. The van der Waals surface area contributed by atoms with Gasteiger partial charge in [0.05, 0.1) is 37.5 Å². The third-order valence-corrected chi connectivity index (χ3v) is 6.27. The van der Waals surface area contributed by atoms with E-state index >= 15 is 0 Å². The molecule has 0 spiro atoms. The fourth-order valence-electron chi connectivity index (χ4n) is 2.94. The van der Waals surface area contributed by atoms with Crippen molar-refractivity contribution < 1.29 is 14.3 Å². The van der Waals surface area contributed by atoms with Crippen LogP contribution in [0, 0.1) is 18.3 Å². The number of hydrogen-bond acceptors (Lipinski definition) is 8. The van der Waals surface area contributed by atoms with Crippen LogP contribution in [0.1, 0.15) is 27.7 Å². The number of nitrogens with zero attached hydrogens (tertiary/aromatic N) is 3. The van der Waals surface area contributed by atoms with Crippen LogP contribution >= 0.6 is 23.1 Å². The van der Waals surface area contributed by atoms with E-state index in [0.717, 1.165) is 16.9 Å². The van der Waals surface area contributed by atoms with Crippen LogP contribution < -0.4 is 10.3 Å². The second kappa shape index (κ2) is 9.11. The second-order valence-corrected chi connectivity index (χ2v) is 7.94. The summed E-state index contributed by atoms with van der Waals surface area (Å²) in [6, 6.07) is 9.48. The topological polar surface area (TPSA) is 94.2 Å². The van der Waals surface area contributed by atoms with Gasteiger partial charge in [-0.25, -0.2) is 9.78 Å². The maximum Gasteiger partial charge on any atom is 0.348 e. The van der Waals surface area contributed by atoms with Gasteiger partial charge in [0.15, 0.2) is 5.16 Å². The third kappa shape index (κ3) is 4.13. The predicted molar refractivity (Wildman–Crippen MR) is 113 cm³/mol. The van der Waals surface area contributed by atoms with Crippen LogP contribution in [0.3, 0.4) is 0 Å². The molecule has 0 saturated heterocycles. The summed E-state index contributed by atoms with van der Waals surface area (Å²) in [7, 11) is 1.57. The van der Waals surface area contributed by atoms with Crippen LogP contribution in [-0.2, 0) is 11.3 Å². The monoisotopic (exact) mass is 429 g/mol. The summed E-state index contributed by atoms with van der Waals surface area (Å²) in [5.74, 6) is 0.346. The Hall–Kier alpha value is -2.83. The van der Waals surface area contributed by atoms with Crippen LogP contribution in [-0.4, -0.2) is 35.0 Å². The zero-order chi connectivity index (χ0) is 21.0. The first-order valence-electron chi connectivity index (χ1n) is 8.84. The van der Waals surface area contributed by atoms with E-state index in [1.807, 2.05) is 24.3 Å². The van der Waals surface area contributed by atoms with Gasteiger partial charge < -0.3 is 9.47 Å². The second-order valence-electron chi connectivity index (χ2n) is 6.00. The molecule has 0 amide bonds. The lowest BCUT2D eigenvalue weighted by molar-refractivity contribution is 0.0531. The SMILES string of the molecule is CCOC(=O)c1sc2nc(SCC#N)n(Cc3ccccc3OC)c(=O)c2c1C. The van der Waals surface area contributed by atoms with Crippen LogP contribution in [0.4, 0.5) is 0 Å². The fraction of sp³-hybridized carbons (Fsp3) is 0.300. The Morgan fingerprint density at radius 2 is 2.14 bits per heavy atom. The predicted octanol–water partition coefficient (Wildman–Crippen LogP) is 3.62. The summed E-state index contributed by atoms with van der Waals surface area (Å²) in [4.78, 5) is 31.1. The van der Waals surface area contributed by atoms with Gasteiger partial charge in [-0.3, -0.25) is 9.36 Å². The molecule has 7 nitrogen and oxygen atoms in total. The van der Waals surface area contributed by atoms with Gasteiger partial charge in [-0.1, -0.05) is 30.0 Å². The first-order chi connectivity index (χ1) is 14.0. The van der Waals surface area contributed by atoms with Crippen molar-refractivity contribution in [3.8, 4) is 11.8 Å². The number of hydrogen-bond donors (Lipinski definition) is 0. The van der Waals surface area contributed by atoms with E-state index in [1.54, 1.807) is 21.0 Å². The molecule has 1 aromatic carbocycles. The van der Waals surface area contributed by atoms with Crippen molar-refractivity contribution in [3.05, 3.63) is 50.6 Å². The van der Waals surface area contributed by atoms with Gasteiger partial charge in [0.1, 0.15) is 15.5 Å². The maximum absolute atomic E-state index is 13.4. The lowest BCUT2D eigenvalue weighted by Crippen LogP contribution is -2.24. The molecule has 2 aromatic heterocycles. The quantitative estimate of drug-likeness (QED) is 0.322. The summed E-state index contributed by atoms with van der Waals surface area (Å²) in [6.45, 7) is 3.95. The number of thioether (sulfide) groups is 1. The average molecular weight is 430 g/mol. The molecule has 2 heterocycles. The van der Waals surface area contributed by atoms with Crippen molar-refractivity contribution in [1.29, 1.82) is 5.26 Å². The van der Waals surface area contributed by atoms with Crippen LogP contribution in [0.5, 0.6) is 5.75 Å². The lowest BCUT2D eigenvalue weighted by Gasteiger charge is -2.13. The summed E-state index contributed by atoms with van der Waals surface area (Å²) < 4.78 is 12.0. The van der Waals surface area contributed by atoms with Crippen LogP contribution in [0.15, 0.2) is 34.2 Å². The minimum atomic E-state index is -0.463. The van der Waals surface area contributed by atoms with Gasteiger partial charge in [0.25, 0.3) is 5.56 Å². The average Bonchev–Trinajstić information content (AvgIpc) is 3.05. The molecule has 0 aliphatic rings. The minimum Gasteiger partial charge on any atom is -0.496 e. The molecular formula is C20H19N3O4S2. The Balaban J connectivity index is 2.20. The summed E-state index contributed by atoms with van der Waals surface area (Å²) in [6.07, 6.45) is 0. The molecule has 3 rings (SSSR count). The van der Waals surface area contributed by atoms with E-state index < -0.39 is 5.97 Å². The Bertz CT molecular complexity index is 1160. The number of aromatic nitrogens is 2. The number of methoxy groups -OCH3 is 1. The number of benzene rings is 1. The number of carbonyl (C=O) groups is 1. The highest BCUT2D eigenvalue weighted by Crippen LogP contribution is 2.30. The zero-order valence-corrected chi connectivity index (χ0v) is 17.9. The number of rotatable bonds is 7. The molecule has 0 bridgehead atoms. The summed E-state index contributed by atoms with van der Waals surface area (Å²) in [5.41, 5.74) is 1.12. The molecule has 3 aromatic rings. The minimum absolute atomic E-state index is 0.152. The molecule has 0 aliphatic carbocycles. The molecule has 0 radical (unpaired) electrons. The smallest absolute Gasteiger partial charge is 0.348 e. The number of carbonyl (C=O) groups excluding carboxylic acids is 1. The number of thiophene rings is 1. The van der Waals surface area contributed by atoms with Gasteiger partial charge in [-0.2, -0.15) is 5.26 Å². The molecule has 9 heteroatoms.